The van der Waals surface area contributed by atoms with Crippen molar-refractivity contribution < 1.29 is 4.79 Å². The molecule has 0 fully saturated rings. The van der Waals surface area contributed by atoms with E-state index in [1.54, 1.807) is 0 Å². The van der Waals surface area contributed by atoms with Crippen LogP contribution in [0.4, 0.5) is 0 Å². The topological polar surface area (TPSA) is 93.5 Å². The molecule has 0 radical (unpaired) electrons. The van der Waals surface area contributed by atoms with Crippen LogP contribution in [0.25, 0.3) is 0 Å². The molecule has 0 aliphatic carbocycles. The molecule has 1 amide bonds. The molecule has 5 N–H and O–H groups in total. The Morgan fingerprint density at radius 3 is 2.53 bits per heavy atom. The minimum absolute atomic E-state index is 0.253. The summed E-state index contributed by atoms with van der Waals surface area (Å²) in [7, 11) is 0. The van der Waals surface area contributed by atoms with Crippen molar-refractivity contribution in [3.05, 3.63) is 0 Å². The predicted molar refractivity (Wildman–Crippen MR) is 62.4 cm³/mol. The fourth-order valence-corrected chi connectivity index (χ4v) is 0.978. The molecule has 0 aliphatic heterocycles. The highest BCUT2D eigenvalue weighted by molar-refractivity contribution is 5.77. The lowest BCUT2D eigenvalue weighted by atomic mass is 10.2. The SMILES string of the molecule is CC(C)CN=C(N)NCCCCC(N)=O. The van der Waals surface area contributed by atoms with Crippen molar-refractivity contribution in [2.75, 3.05) is 13.1 Å². The summed E-state index contributed by atoms with van der Waals surface area (Å²) in [5.74, 6) is 0.736. The lowest BCUT2D eigenvalue weighted by molar-refractivity contribution is -0.118. The summed E-state index contributed by atoms with van der Waals surface area (Å²) >= 11 is 0. The van der Waals surface area contributed by atoms with Crippen molar-refractivity contribution in [3.63, 3.8) is 0 Å². The van der Waals surface area contributed by atoms with Gasteiger partial charge in [0.2, 0.25) is 5.91 Å². The van der Waals surface area contributed by atoms with E-state index in [1.165, 1.54) is 0 Å². The molecule has 0 saturated heterocycles. The number of carbonyl (C=O) groups is 1. The maximum absolute atomic E-state index is 10.4. The van der Waals surface area contributed by atoms with E-state index < -0.39 is 0 Å². The van der Waals surface area contributed by atoms with E-state index in [0.717, 1.165) is 25.9 Å². The lowest BCUT2D eigenvalue weighted by Crippen LogP contribution is -2.32. The largest absolute Gasteiger partial charge is 0.370 e. The van der Waals surface area contributed by atoms with Gasteiger partial charge in [-0.15, -0.1) is 0 Å². The second-order valence-corrected chi connectivity index (χ2v) is 3.97. The van der Waals surface area contributed by atoms with Gasteiger partial charge >= 0.3 is 0 Å². The highest BCUT2D eigenvalue weighted by Gasteiger charge is 1.96. The van der Waals surface area contributed by atoms with E-state index >= 15 is 0 Å². The van der Waals surface area contributed by atoms with Gasteiger partial charge in [-0.05, 0) is 18.8 Å². The second kappa shape index (κ2) is 8.08. The molecule has 5 nitrogen and oxygen atoms in total. The third-order valence-electron chi connectivity index (χ3n) is 1.78. The Bertz CT molecular complexity index is 213. The number of hydrogen-bond acceptors (Lipinski definition) is 2. The number of unbranched alkanes of at least 4 members (excludes halogenated alkanes) is 1. The molecule has 0 spiro atoms. The van der Waals surface area contributed by atoms with Crippen LogP contribution in [0.15, 0.2) is 4.99 Å². The zero-order valence-corrected chi connectivity index (χ0v) is 9.62. The molecule has 0 atom stereocenters. The van der Waals surface area contributed by atoms with Crippen LogP contribution in [0.2, 0.25) is 0 Å². The van der Waals surface area contributed by atoms with Gasteiger partial charge in [-0.25, -0.2) is 0 Å². The van der Waals surface area contributed by atoms with E-state index in [1.807, 2.05) is 0 Å². The highest BCUT2D eigenvalue weighted by atomic mass is 16.1. The van der Waals surface area contributed by atoms with Gasteiger partial charge in [0.1, 0.15) is 0 Å². The van der Waals surface area contributed by atoms with Gasteiger partial charge in [-0.3, -0.25) is 9.79 Å². The van der Waals surface area contributed by atoms with Gasteiger partial charge in [-0.1, -0.05) is 13.8 Å². The number of carbonyl (C=O) groups excluding carboxylic acids is 1. The lowest BCUT2D eigenvalue weighted by Gasteiger charge is -2.05. The van der Waals surface area contributed by atoms with Crippen molar-refractivity contribution in [1.29, 1.82) is 0 Å². The number of amides is 1. The molecule has 88 valence electrons. The number of guanidine groups is 1. The maximum atomic E-state index is 10.4. The van der Waals surface area contributed by atoms with Crippen molar-refractivity contribution in [3.8, 4) is 0 Å². The molecular formula is C10H22N4O. The van der Waals surface area contributed by atoms with Crippen LogP contribution in [0.1, 0.15) is 33.1 Å². The van der Waals surface area contributed by atoms with Crippen molar-refractivity contribution in [1.82, 2.24) is 5.32 Å². The average Bonchev–Trinajstić information content (AvgIpc) is 2.13. The third kappa shape index (κ3) is 10.7. The second-order valence-electron chi connectivity index (χ2n) is 3.97. The monoisotopic (exact) mass is 214 g/mol. The molecule has 0 aromatic heterocycles. The van der Waals surface area contributed by atoms with Crippen molar-refractivity contribution >= 4 is 11.9 Å². The van der Waals surface area contributed by atoms with Crippen molar-refractivity contribution in [2.45, 2.75) is 33.1 Å². The number of rotatable bonds is 7. The first-order valence-corrected chi connectivity index (χ1v) is 5.34. The first kappa shape index (κ1) is 13.7. The normalized spacial score (nSPS) is 11.8. The van der Waals surface area contributed by atoms with Crippen LogP contribution < -0.4 is 16.8 Å². The Balaban J connectivity index is 3.42. The van der Waals surface area contributed by atoms with Gasteiger partial charge in [0, 0.05) is 19.5 Å². The molecule has 0 saturated carbocycles. The summed E-state index contributed by atoms with van der Waals surface area (Å²) in [5, 5.41) is 2.99. The van der Waals surface area contributed by atoms with Gasteiger partial charge in [0.05, 0.1) is 0 Å². The predicted octanol–water partition coefficient (Wildman–Crippen LogP) is 0.202. The standard InChI is InChI=1S/C10H22N4O/c1-8(2)7-14-10(12)13-6-4-3-5-9(11)15/h8H,3-7H2,1-2H3,(H2,11,15)(H3,12,13,14). The molecule has 0 aliphatic rings. The highest BCUT2D eigenvalue weighted by Crippen LogP contribution is 1.93. The average molecular weight is 214 g/mol. The smallest absolute Gasteiger partial charge is 0.217 e. The summed E-state index contributed by atoms with van der Waals surface area (Å²) in [6.07, 6.45) is 2.10. The maximum Gasteiger partial charge on any atom is 0.217 e. The van der Waals surface area contributed by atoms with Crippen LogP contribution in [-0.4, -0.2) is 25.0 Å². The zero-order chi connectivity index (χ0) is 11.7. The molecule has 0 aromatic rings. The quantitative estimate of drug-likeness (QED) is 0.321. The molecular weight excluding hydrogens is 192 g/mol. The number of nitrogens with one attached hydrogen (secondary N) is 1. The molecule has 0 bridgehead atoms. The molecule has 0 aromatic carbocycles. The molecule has 0 rings (SSSR count). The summed E-state index contributed by atoms with van der Waals surface area (Å²) in [5.41, 5.74) is 10.6. The van der Waals surface area contributed by atoms with Gasteiger partial charge in [0.15, 0.2) is 5.96 Å². The fraction of sp³-hybridized carbons (Fsp3) is 0.800. The Labute approximate surface area is 91.3 Å². The van der Waals surface area contributed by atoms with Crippen LogP contribution >= 0.6 is 0 Å². The van der Waals surface area contributed by atoms with Crippen molar-refractivity contribution in [2.24, 2.45) is 22.4 Å². The first-order chi connectivity index (χ1) is 7.02. The number of hydrogen-bond donors (Lipinski definition) is 3. The van der Waals surface area contributed by atoms with E-state index in [-0.39, 0.29) is 5.91 Å². The Kier molecular flexibility index (Phi) is 7.40. The number of nitrogens with two attached hydrogens (primary N) is 2. The molecule has 15 heavy (non-hydrogen) atoms. The van der Waals surface area contributed by atoms with Gasteiger partial charge in [-0.2, -0.15) is 0 Å². The number of aliphatic imine (C=N–C) groups is 1. The Morgan fingerprint density at radius 2 is 2.00 bits per heavy atom. The van der Waals surface area contributed by atoms with Crippen LogP contribution in [0, 0.1) is 5.92 Å². The first-order valence-electron chi connectivity index (χ1n) is 5.34. The third-order valence-corrected chi connectivity index (χ3v) is 1.78. The zero-order valence-electron chi connectivity index (χ0n) is 9.62. The van der Waals surface area contributed by atoms with Crippen LogP contribution in [0.5, 0.6) is 0 Å². The fourth-order valence-electron chi connectivity index (χ4n) is 0.978. The summed E-state index contributed by atoms with van der Waals surface area (Å²) in [6.45, 7) is 5.65. The molecule has 5 heteroatoms. The minimum Gasteiger partial charge on any atom is -0.370 e. The van der Waals surface area contributed by atoms with E-state index in [9.17, 15) is 4.79 Å². The van der Waals surface area contributed by atoms with Crippen LogP contribution in [0.3, 0.4) is 0 Å². The van der Waals surface area contributed by atoms with Crippen LogP contribution in [-0.2, 0) is 4.79 Å². The van der Waals surface area contributed by atoms with E-state index in [4.69, 9.17) is 11.5 Å². The Morgan fingerprint density at radius 1 is 1.33 bits per heavy atom. The number of primary amides is 1. The van der Waals surface area contributed by atoms with Gasteiger partial charge in [0.25, 0.3) is 0 Å². The number of nitrogens with zero attached hydrogens (tertiary/aromatic N) is 1. The van der Waals surface area contributed by atoms with Gasteiger partial charge < -0.3 is 16.8 Å². The van der Waals surface area contributed by atoms with E-state index in [0.29, 0.717) is 18.3 Å². The van der Waals surface area contributed by atoms with E-state index in [2.05, 4.69) is 24.2 Å². The minimum atomic E-state index is -0.253. The molecule has 0 heterocycles. The Hall–Kier alpha value is -1.26. The summed E-state index contributed by atoms with van der Waals surface area (Å²) < 4.78 is 0. The summed E-state index contributed by atoms with van der Waals surface area (Å²) in [4.78, 5) is 14.6. The summed E-state index contributed by atoms with van der Waals surface area (Å²) in [6, 6.07) is 0. The molecule has 0 unspecified atom stereocenters.